The third-order valence-electron chi connectivity index (χ3n) is 4.14. The third kappa shape index (κ3) is 3.87. The molecular weight excluding hydrogens is 356 g/mol. The number of carbonyl (C=O) groups excluding carboxylic acids is 2. The van der Waals surface area contributed by atoms with E-state index in [4.69, 9.17) is 16.3 Å². The highest BCUT2D eigenvalue weighted by atomic mass is 35.5. The first-order valence-corrected chi connectivity index (χ1v) is 9.86. The van der Waals surface area contributed by atoms with E-state index in [1.165, 1.54) is 12.3 Å². The summed E-state index contributed by atoms with van der Waals surface area (Å²) in [7, 11) is -3.09. The fourth-order valence-corrected chi connectivity index (χ4v) is 4.78. The molecule has 24 heavy (non-hydrogen) atoms. The number of amides is 1. The van der Waals surface area contributed by atoms with Crippen molar-refractivity contribution in [2.75, 3.05) is 18.1 Å². The quantitative estimate of drug-likeness (QED) is 0.567. The summed E-state index contributed by atoms with van der Waals surface area (Å²) in [6.45, 7) is -0.433. The van der Waals surface area contributed by atoms with E-state index in [0.29, 0.717) is 6.42 Å². The number of carbonyl (C=O) groups is 2. The van der Waals surface area contributed by atoms with E-state index in [-0.39, 0.29) is 40.2 Å². The average molecular weight is 373 g/mol. The molecule has 130 valence electrons. The summed E-state index contributed by atoms with van der Waals surface area (Å²) in [5, 5.41) is 0.0101. The Balaban J connectivity index is 1.63. The van der Waals surface area contributed by atoms with Crippen LogP contribution in [0.25, 0.3) is 0 Å². The van der Waals surface area contributed by atoms with Crippen LogP contribution in [-0.4, -0.2) is 60.4 Å². The van der Waals surface area contributed by atoms with E-state index in [0.717, 1.165) is 12.8 Å². The van der Waals surface area contributed by atoms with E-state index in [1.54, 1.807) is 11.0 Å². The Morgan fingerprint density at radius 1 is 1.29 bits per heavy atom. The second kappa shape index (κ2) is 6.68. The number of hydrogen-bond acceptors (Lipinski definition) is 6. The highest BCUT2D eigenvalue weighted by molar-refractivity contribution is 7.91. The van der Waals surface area contributed by atoms with Crippen molar-refractivity contribution in [2.45, 2.75) is 31.3 Å². The van der Waals surface area contributed by atoms with E-state index < -0.39 is 22.4 Å². The first kappa shape index (κ1) is 17.2. The SMILES string of the molecule is O=C(OCC(=O)N(C1CC1)[C@@H]1CCS(=O)(=O)C1)c1cccnc1Cl. The van der Waals surface area contributed by atoms with Gasteiger partial charge in [0.1, 0.15) is 5.15 Å². The summed E-state index contributed by atoms with van der Waals surface area (Å²) >= 11 is 5.82. The van der Waals surface area contributed by atoms with Gasteiger partial charge in [-0.15, -0.1) is 0 Å². The molecule has 1 amide bonds. The lowest BCUT2D eigenvalue weighted by molar-refractivity contribution is -0.137. The number of halogens is 1. The topological polar surface area (TPSA) is 93.6 Å². The van der Waals surface area contributed by atoms with Crippen molar-refractivity contribution in [1.29, 1.82) is 0 Å². The van der Waals surface area contributed by atoms with Crippen LogP contribution in [0.1, 0.15) is 29.6 Å². The molecular formula is C15H17ClN2O5S. The maximum atomic E-state index is 12.4. The summed E-state index contributed by atoms with van der Waals surface area (Å²) < 4.78 is 28.3. The first-order chi connectivity index (χ1) is 11.4. The van der Waals surface area contributed by atoms with Gasteiger partial charge in [0, 0.05) is 18.3 Å². The molecule has 0 N–H and O–H groups in total. The number of sulfone groups is 1. The zero-order valence-corrected chi connectivity index (χ0v) is 14.4. The van der Waals surface area contributed by atoms with Crippen LogP contribution in [0, 0.1) is 0 Å². The van der Waals surface area contributed by atoms with Crippen molar-refractivity contribution in [1.82, 2.24) is 9.88 Å². The molecule has 1 aliphatic heterocycles. The molecule has 7 nitrogen and oxygen atoms in total. The molecule has 0 aromatic carbocycles. The van der Waals surface area contributed by atoms with Crippen LogP contribution in [0.5, 0.6) is 0 Å². The summed E-state index contributed by atoms with van der Waals surface area (Å²) in [6, 6.07) is 2.74. The van der Waals surface area contributed by atoms with Gasteiger partial charge in [-0.1, -0.05) is 11.6 Å². The van der Waals surface area contributed by atoms with Gasteiger partial charge in [-0.2, -0.15) is 0 Å². The molecule has 0 bridgehead atoms. The average Bonchev–Trinajstić information content (AvgIpc) is 3.29. The Morgan fingerprint density at radius 3 is 2.62 bits per heavy atom. The van der Waals surface area contributed by atoms with Crippen molar-refractivity contribution in [3.8, 4) is 0 Å². The number of pyridine rings is 1. The predicted molar refractivity (Wildman–Crippen MR) is 86.5 cm³/mol. The molecule has 1 aromatic heterocycles. The minimum Gasteiger partial charge on any atom is -0.452 e. The van der Waals surface area contributed by atoms with Crippen LogP contribution in [0.15, 0.2) is 18.3 Å². The van der Waals surface area contributed by atoms with Gasteiger partial charge >= 0.3 is 5.97 Å². The maximum Gasteiger partial charge on any atom is 0.341 e. The standard InChI is InChI=1S/C15H17ClN2O5S/c16-14-12(2-1-6-17-14)15(20)23-8-13(19)18(10-3-4-10)11-5-7-24(21,22)9-11/h1-2,6,10-11H,3-5,7-9H2/t11-/m1/s1. The van der Waals surface area contributed by atoms with E-state index in [9.17, 15) is 18.0 Å². The van der Waals surface area contributed by atoms with Crippen LogP contribution in [0.2, 0.25) is 5.15 Å². The van der Waals surface area contributed by atoms with Crippen LogP contribution in [0.3, 0.4) is 0 Å². The zero-order chi connectivity index (χ0) is 17.3. The summed E-state index contributed by atoms with van der Waals surface area (Å²) in [5.74, 6) is -1.01. The van der Waals surface area contributed by atoms with E-state index >= 15 is 0 Å². The number of nitrogens with zero attached hydrogens (tertiary/aromatic N) is 2. The monoisotopic (exact) mass is 372 g/mol. The molecule has 0 unspecified atom stereocenters. The van der Waals surface area contributed by atoms with E-state index in [2.05, 4.69) is 4.98 Å². The largest absolute Gasteiger partial charge is 0.452 e. The van der Waals surface area contributed by atoms with Gasteiger partial charge in [-0.3, -0.25) is 4.79 Å². The number of ether oxygens (including phenoxy) is 1. The lowest BCUT2D eigenvalue weighted by atomic mass is 10.2. The Bertz CT molecular complexity index is 763. The number of rotatable bonds is 5. The van der Waals surface area contributed by atoms with Gasteiger partial charge in [0.2, 0.25) is 0 Å². The second-order valence-corrected chi connectivity index (χ2v) is 8.59. The molecule has 0 spiro atoms. The van der Waals surface area contributed by atoms with Gasteiger partial charge < -0.3 is 9.64 Å². The fraction of sp³-hybridized carbons (Fsp3) is 0.533. The third-order valence-corrected chi connectivity index (χ3v) is 6.19. The molecule has 3 rings (SSSR count). The van der Waals surface area contributed by atoms with Crippen LogP contribution in [0.4, 0.5) is 0 Å². The van der Waals surface area contributed by atoms with Crippen molar-refractivity contribution in [2.24, 2.45) is 0 Å². The molecule has 2 heterocycles. The Morgan fingerprint density at radius 2 is 2.04 bits per heavy atom. The molecule has 1 aliphatic carbocycles. The molecule has 0 radical (unpaired) electrons. The highest BCUT2D eigenvalue weighted by Gasteiger charge is 2.42. The van der Waals surface area contributed by atoms with Gasteiger partial charge in [0.25, 0.3) is 5.91 Å². The van der Waals surface area contributed by atoms with Crippen molar-refractivity contribution in [3.05, 3.63) is 29.0 Å². The molecule has 2 fully saturated rings. The lowest BCUT2D eigenvalue weighted by Gasteiger charge is -2.28. The minimum absolute atomic E-state index is 0.0101. The number of esters is 1. The smallest absolute Gasteiger partial charge is 0.341 e. The predicted octanol–water partition coefficient (Wildman–Crippen LogP) is 1.07. The van der Waals surface area contributed by atoms with Crippen LogP contribution >= 0.6 is 11.6 Å². The van der Waals surface area contributed by atoms with Gasteiger partial charge in [-0.25, -0.2) is 18.2 Å². The van der Waals surface area contributed by atoms with Gasteiger partial charge in [0.15, 0.2) is 16.4 Å². The Hall–Kier alpha value is -1.67. The first-order valence-electron chi connectivity index (χ1n) is 7.66. The molecule has 1 aromatic rings. The van der Waals surface area contributed by atoms with Crippen molar-refractivity contribution >= 4 is 33.3 Å². The van der Waals surface area contributed by atoms with Crippen LogP contribution < -0.4 is 0 Å². The zero-order valence-electron chi connectivity index (χ0n) is 12.9. The fourth-order valence-electron chi connectivity index (χ4n) is 2.87. The van der Waals surface area contributed by atoms with Gasteiger partial charge in [-0.05, 0) is 31.4 Å². The minimum atomic E-state index is -3.09. The molecule has 1 saturated heterocycles. The maximum absolute atomic E-state index is 12.4. The number of aromatic nitrogens is 1. The van der Waals surface area contributed by atoms with Gasteiger partial charge in [0.05, 0.1) is 17.1 Å². The van der Waals surface area contributed by atoms with Crippen molar-refractivity contribution in [3.63, 3.8) is 0 Å². The summed E-state index contributed by atoms with van der Waals surface area (Å²) in [4.78, 5) is 29.8. The van der Waals surface area contributed by atoms with E-state index in [1.807, 2.05) is 0 Å². The molecule has 2 aliphatic rings. The molecule has 9 heteroatoms. The normalized spacial score (nSPS) is 22.1. The second-order valence-electron chi connectivity index (χ2n) is 6.01. The Kier molecular flexibility index (Phi) is 4.78. The van der Waals surface area contributed by atoms with Crippen LogP contribution in [-0.2, 0) is 19.4 Å². The lowest BCUT2D eigenvalue weighted by Crippen LogP contribution is -2.44. The molecule has 1 saturated carbocycles. The highest BCUT2D eigenvalue weighted by Crippen LogP contribution is 2.32. The van der Waals surface area contributed by atoms with Crippen molar-refractivity contribution < 1.29 is 22.7 Å². The summed E-state index contributed by atoms with van der Waals surface area (Å²) in [6.07, 6.45) is 3.59. The summed E-state index contributed by atoms with van der Waals surface area (Å²) in [5.41, 5.74) is 0.0911. The molecule has 1 atom stereocenters. The number of hydrogen-bond donors (Lipinski definition) is 0. The Labute approximate surface area is 144 Å².